The van der Waals surface area contributed by atoms with Crippen molar-refractivity contribution in [3.63, 3.8) is 0 Å². The smallest absolute Gasteiger partial charge is 0.275 e. The summed E-state index contributed by atoms with van der Waals surface area (Å²) < 4.78 is 14.2. The highest BCUT2D eigenvalue weighted by Crippen LogP contribution is 2.24. The number of phenolic OH excluding ortho intramolecular Hbond substituents is 1. The van der Waals surface area contributed by atoms with E-state index in [0.717, 1.165) is 25.9 Å². The van der Waals surface area contributed by atoms with E-state index in [1.807, 2.05) is 4.90 Å². The Kier molecular flexibility index (Phi) is 4.74. The molecule has 2 N–H and O–H groups in total. The van der Waals surface area contributed by atoms with Gasteiger partial charge in [0.05, 0.1) is 17.5 Å². The van der Waals surface area contributed by atoms with E-state index in [2.05, 4.69) is 10.5 Å². The van der Waals surface area contributed by atoms with Crippen LogP contribution in [0.3, 0.4) is 0 Å². The molecule has 1 saturated heterocycles. The van der Waals surface area contributed by atoms with E-state index in [9.17, 15) is 14.3 Å². The number of hydrogen-bond acceptors (Lipinski definition) is 4. The number of para-hydroxylation sites is 1. The highest BCUT2D eigenvalue weighted by atomic mass is 19.1. The predicted octanol–water partition coefficient (Wildman–Crippen LogP) is 2.90. The van der Waals surface area contributed by atoms with E-state index in [1.165, 1.54) is 24.4 Å². The van der Waals surface area contributed by atoms with E-state index < -0.39 is 5.91 Å². The van der Waals surface area contributed by atoms with Gasteiger partial charge in [-0.15, -0.1) is 0 Å². The van der Waals surface area contributed by atoms with Gasteiger partial charge in [0.25, 0.3) is 5.91 Å². The van der Waals surface area contributed by atoms with Gasteiger partial charge in [0, 0.05) is 13.1 Å². The molecule has 0 aromatic heterocycles. The summed E-state index contributed by atoms with van der Waals surface area (Å²) in [6.45, 7) is 1.75. The highest BCUT2D eigenvalue weighted by molar-refractivity contribution is 5.97. The molecular formula is C18H18FN3O2. The van der Waals surface area contributed by atoms with Crippen LogP contribution in [0.1, 0.15) is 28.8 Å². The van der Waals surface area contributed by atoms with Crippen molar-refractivity contribution in [3.8, 4) is 5.75 Å². The first-order valence-electron chi connectivity index (χ1n) is 7.81. The second-order valence-electron chi connectivity index (χ2n) is 5.62. The first kappa shape index (κ1) is 16.0. The van der Waals surface area contributed by atoms with Crippen LogP contribution in [-0.2, 0) is 0 Å². The number of halogens is 1. The molecule has 2 aromatic rings. The van der Waals surface area contributed by atoms with Crippen LogP contribution in [0.15, 0.2) is 47.6 Å². The lowest BCUT2D eigenvalue weighted by molar-refractivity contribution is 0.0952. The summed E-state index contributed by atoms with van der Waals surface area (Å²) in [7, 11) is 0. The molecule has 0 atom stereocenters. The zero-order chi connectivity index (χ0) is 16.9. The van der Waals surface area contributed by atoms with Crippen LogP contribution in [0.2, 0.25) is 0 Å². The number of amides is 1. The lowest BCUT2D eigenvalue weighted by Crippen LogP contribution is -2.19. The minimum Gasteiger partial charge on any atom is -0.507 e. The molecule has 24 heavy (non-hydrogen) atoms. The van der Waals surface area contributed by atoms with E-state index >= 15 is 0 Å². The molecule has 0 spiro atoms. The normalized spacial score (nSPS) is 14.3. The molecule has 1 amide bonds. The maximum absolute atomic E-state index is 14.2. The summed E-state index contributed by atoms with van der Waals surface area (Å²) in [5, 5.41) is 13.4. The number of benzene rings is 2. The molecule has 1 fully saturated rings. The number of phenols is 1. The van der Waals surface area contributed by atoms with Crippen LogP contribution < -0.4 is 10.3 Å². The van der Waals surface area contributed by atoms with Gasteiger partial charge in [-0.25, -0.2) is 9.82 Å². The summed E-state index contributed by atoms with van der Waals surface area (Å²) in [6, 6.07) is 11.1. The summed E-state index contributed by atoms with van der Waals surface area (Å²) in [4.78, 5) is 13.9. The first-order valence-corrected chi connectivity index (χ1v) is 7.81. The number of hydrogen-bond donors (Lipinski definition) is 2. The Morgan fingerprint density at radius 2 is 1.96 bits per heavy atom. The predicted molar refractivity (Wildman–Crippen MR) is 91.0 cm³/mol. The quantitative estimate of drug-likeness (QED) is 0.670. The average molecular weight is 327 g/mol. The fraction of sp³-hybridized carbons (Fsp3) is 0.222. The Morgan fingerprint density at radius 1 is 1.21 bits per heavy atom. The van der Waals surface area contributed by atoms with E-state index in [-0.39, 0.29) is 17.1 Å². The lowest BCUT2D eigenvalue weighted by Gasteiger charge is -2.18. The standard InChI is InChI=1S/C18H18FN3O2/c19-15-11-13(7-8-16(15)22-9-3-4-10-22)12-20-21-18(24)14-5-1-2-6-17(14)23/h1-2,5-8,11-12,23H,3-4,9-10H2,(H,21,24)/b20-12-. The third-order valence-electron chi connectivity index (χ3n) is 3.95. The van der Waals surface area contributed by atoms with Crippen LogP contribution >= 0.6 is 0 Å². The van der Waals surface area contributed by atoms with Gasteiger partial charge in [0.1, 0.15) is 11.6 Å². The number of hydrazone groups is 1. The van der Waals surface area contributed by atoms with Gasteiger partial charge >= 0.3 is 0 Å². The topological polar surface area (TPSA) is 64.9 Å². The fourth-order valence-corrected chi connectivity index (χ4v) is 2.71. The monoisotopic (exact) mass is 327 g/mol. The average Bonchev–Trinajstić information content (AvgIpc) is 3.09. The van der Waals surface area contributed by atoms with Gasteiger partial charge in [-0.05, 0) is 42.7 Å². The molecule has 3 rings (SSSR count). The Bertz CT molecular complexity index is 771. The Balaban J connectivity index is 1.65. The molecule has 6 heteroatoms. The SMILES string of the molecule is O=C(N/N=C\c1ccc(N2CCCC2)c(F)c1)c1ccccc1O. The van der Waals surface area contributed by atoms with Crippen LogP contribution in [0, 0.1) is 5.82 Å². The van der Waals surface area contributed by atoms with Crippen LogP contribution in [-0.4, -0.2) is 30.3 Å². The number of nitrogens with zero attached hydrogens (tertiary/aromatic N) is 2. The Labute approximate surface area is 139 Å². The second kappa shape index (κ2) is 7.12. The molecule has 5 nitrogen and oxygen atoms in total. The van der Waals surface area contributed by atoms with Crippen molar-refractivity contribution >= 4 is 17.8 Å². The fourth-order valence-electron chi connectivity index (χ4n) is 2.71. The van der Waals surface area contributed by atoms with Crippen molar-refractivity contribution in [1.29, 1.82) is 0 Å². The van der Waals surface area contributed by atoms with Gasteiger partial charge in [0.15, 0.2) is 0 Å². The molecule has 124 valence electrons. The summed E-state index contributed by atoms with van der Waals surface area (Å²) >= 11 is 0. The molecule has 2 aromatic carbocycles. The van der Waals surface area contributed by atoms with Gasteiger partial charge in [-0.2, -0.15) is 5.10 Å². The molecule has 1 aliphatic heterocycles. The molecule has 0 aliphatic carbocycles. The molecule has 1 aliphatic rings. The summed E-state index contributed by atoms with van der Waals surface area (Å²) in [6.07, 6.45) is 3.54. The zero-order valence-corrected chi connectivity index (χ0v) is 13.1. The van der Waals surface area contributed by atoms with E-state index in [1.54, 1.807) is 24.3 Å². The molecule has 0 bridgehead atoms. The second-order valence-corrected chi connectivity index (χ2v) is 5.62. The minimum atomic E-state index is -0.529. The van der Waals surface area contributed by atoms with Gasteiger partial charge in [0.2, 0.25) is 0 Å². The largest absolute Gasteiger partial charge is 0.507 e. The van der Waals surface area contributed by atoms with Crippen molar-refractivity contribution in [2.24, 2.45) is 5.10 Å². The van der Waals surface area contributed by atoms with Crippen molar-refractivity contribution in [2.45, 2.75) is 12.8 Å². The Morgan fingerprint density at radius 3 is 2.67 bits per heavy atom. The first-order chi connectivity index (χ1) is 11.6. The summed E-state index contributed by atoms with van der Waals surface area (Å²) in [5.74, 6) is -0.947. The number of nitrogens with one attached hydrogen (secondary N) is 1. The molecule has 0 radical (unpaired) electrons. The third kappa shape index (κ3) is 3.53. The van der Waals surface area contributed by atoms with Crippen molar-refractivity contribution in [1.82, 2.24) is 5.43 Å². The molecule has 0 saturated carbocycles. The van der Waals surface area contributed by atoms with Crippen molar-refractivity contribution < 1.29 is 14.3 Å². The number of aromatic hydroxyl groups is 1. The zero-order valence-electron chi connectivity index (χ0n) is 13.1. The van der Waals surface area contributed by atoms with Crippen LogP contribution in [0.4, 0.5) is 10.1 Å². The highest BCUT2D eigenvalue weighted by Gasteiger charge is 2.15. The maximum Gasteiger partial charge on any atom is 0.275 e. The maximum atomic E-state index is 14.2. The lowest BCUT2D eigenvalue weighted by atomic mass is 10.2. The minimum absolute atomic E-state index is 0.119. The third-order valence-corrected chi connectivity index (χ3v) is 3.95. The van der Waals surface area contributed by atoms with E-state index in [4.69, 9.17) is 0 Å². The number of anilines is 1. The van der Waals surface area contributed by atoms with Gasteiger partial charge < -0.3 is 10.0 Å². The Hall–Kier alpha value is -2.89. The number of rotatable bonds is 4. The van der Waals surface area contributed by atoms with Gasteiger partial charge in [-0.3, -0.25) is 4.79 Å². The number of carbonyl (C=O) groups is 1. The van der Waals surface area contributed by atoms with Crippen molar-refractivity contribution in [3.05, 3.63) is 59.4 Å². The summed E-state index contributed by atoms with van der Waals surface area (Å²) in [5.41, 5.74) is 3.59. The van der Waals surface area contributed by atoms with Crippen LogP contribution in [0.25, 0.3) is 0 Å². The van der Waals surface area contributed by atoms with Gasteiger partial charge in [-0.1, -0.05) is 18.2 Å². The molecular weight excluding hydrogens is 309 g/mol. The van der Waals surface area contributed by atoms with E-state index in [0.29, 0.717) is 11.3 Å². The van der Waals surface area contributed by atoms with Crippen molar-refractivity contribution in [2.75, 3.05) is 18.0 Å². The molecule has 0 unspecified atom stereocenters. The van der Waals surface area contributed by atoms with Crippen LogP contribution in [0.5, 0.6) is 5.75 Å². The molecule has 1 heterocycles. The number of carbonyl (C=O) groups excluding carboxylic acids is 1.